The molecule has 0 bridgehead atoms. The minimum atomic E-state index is -4.69. The largest absolute Gasteiger partial charge is 0.418 e. The summed E-state index contributed by atoms with van der Waals surface area (Å²) in [6, 6.07) is 5.50. The van der Waals surface area contributed by atoms with Crippen LogP contribution in [0, 0.1) is 5.82 Å². The molecule has 4 N–H and O–H groups in total. The van der Waals surface area contributed by atoms with Crippen molar-refractivity contribution < 1.29 is 22.4 Å². The van der Waals surface area contributed by atoms with E-state index in [2.05, 4.69) is 15.6 Å². The van der Waals surface area contributed by atoms with Gasteiger partial charge in [-0.25, -0.2) is 4.39 Å². The molecular formula is C18H18F4N4O. The minimum absolute atomic E-state index is 0.169. The lowest BCUT2D eigenvalue weighted by Crippen LogP contribution is -2.58. The molecule has 0 saturated heterocycles. The second-order valence-electron chi connectivity index (χ2n) is 6.54. The van der Waals surface area contributed by atoms with Crippen LogP contribution in [0.3, 0.4) is 0 Å². The van der Waals surface area contributed by atoms with Crippen LogP contribution in [0.25, 0.3) is 0 Å². The van der Waals surface area contributed by atoms with Gasteiger partial charge >= 0.3 is 6.18 Å². The maximum atomic E-state index is 13.1. The third-order valence-corrected chi connectivity index (χ3v) is 4.52. The SMILES string of the molecule is NC1(C(=O)NCc2ccc(Nc3ccc(F)cc3C(F)(F)F)cn2)CCC1. The number of nitrogens with zero attached hydrogens (tertiary/aromatic N) is 1. The minimum Gasteiger partial charge on any atom is -0.354 e. The molecule has 1 aliphatic carbocycles. The third-order valence-electron chi connectivity index (χ3n) is 4.52. The zero-order chi connectivity index (χ0) is 19.7. The highest BCUT2D eigenvalue weighted by Crippen LogP contribution is 2.36. The Kier molecular flexibility index (Phi) is 5.05. The monoisotopic (exact) mass is 382 g/mol. The van der Waals surface area contributed by atoms with Crippen LogP contribution in [-0.2, 0) is 17.5 Å². The Morgan fingerprint density at radius 1 is 1.22 bits per heavy atom. The number of carbonyl (C=O) groups excluding carboxylic acids is 1. The van der Waals surface area contributed by atoms with E-state index in [1.165, 1.54) is 12.3 Å². The molecule has 1 heterocycles. The fraction of sp³-hybridized carbons (Fsp3) is 0.333. The molecule has 9 heteroatoms. The molecule has 0 aliphatic heterocycles. The standard InChI is InChI=1S/C18H18F4N4O/c19-11-2-5-15(14(8-11)18(20,21)22)26-13-4-3-12(24-10-13)9-25-16(27)17(23)6-1-7-17/h2-5,8,10,26H,1,6-7,9,23H2,(H,25,27). The first-order valence-electron chi connectivity index (χ1n) is 8.33. The number of rotatable bonds is 5. The third kappa shape index (κ3) is 4.36. The van der Waals surface area contributed by atoms with Crippen LogP contribution in [0.4, 0.5) is 28.9 Å². The Morgan fingerprint density at radius 3 is 2.52 bits per heavy atom. The van der Waals surface area contributed by atoms with Gasteiger partial charge in [-0.05, 0) is 49.6 Å². The van der Waals surface area contributed by atoms with Gasteiger partial charge in [-0.1, -0.05) is 0 Å². The van der Waals surface area contributed by atoms with Gasteiger partial charge in [-0.2, -0.15) is 13.2 Å². The summed E-state index contributed by atoms with van der Waals surface area (Å²) in [5, 5.41) is 5.29. The lowest BCUT2D eigenvalue weighted by atomic mass is 9.77. The van der Waals surface area contributed by atoms with Crippen molar-refractivity contribution in [2.45, 2.75) is 37.5 Å². The second-order valence-corrected chi connectivity index (χ2v) is 6.54. The Bertz CT molecular complexity index is 832. The van der Waals surface area contributed by atoms with Gasteiger partial charge < -0.3 is 16.4 Å². The highest BCUT2D eigenvalue weighted by atomic mass is 19.4. The number of aromatic nitrogens is 1. The number of alkyl halides is 3. The van der Waals surface area contributed by atoms with Gasteiger partial charge in [0.2, 0.25) is 5.91 Å². The molecule has 27 heavy (non-hydrogen) atoms. The molecule has 3 rings (SSSR count). The molecule has 144 valence electrons. The topological polar surface area (TPSA) is 80.0 Å². The quantitative estimate of drug-likeness (QED) is 0.692. The average Bonchev–Trinajstić information content (AvgIpc) is 2.59. The Balaban J connectivity index is 1.65. The molecule has 2 aromatic rings. The van der Waals surface area contributed by atoms with E-state index in [0.717, 1.165) is 18.6 Å². The number of benzene rings is 1. The maximum Gasteiger partial charge on any atom is 0.418 e. The van der Waals surface area contributed by atoms with Gasteiger partial charge in [-0.15, -0.1) is 0 Å². The number of nitrogens with two attached hydrogens (primary N) is 1. The zero-order valence-electron chi connectivity index (χ0n) is 14.2. The number of carbonyl (C=O) groups is 1. The second kappa shape index (κ2) is 7.15. The summed E-state index contributed by atoms with van der Waals surface area (Å²) in [6.07, 6.45) is -1.14. The van der Waals surface area contributed by atoms with Gasteiger partial charge in [0.1, 0.15) is 5.82 Å². The van der Waals surface area contributed by atoms with Crippen molar-refractivity contribution in [3.05, 3.63) is 53.6 Å². The van der Waals surface area contributed by atoms with Crippen molar-refractivity contribution in [3.8, 4) is 0 Å². The zero-order valence-corrected chi connectivity index (χ0v) is 14.2. The molecule has 1 amide bonds. The van der Waals surface area contributed by atoms with Gasteiger partial charge in [0.15, 0.2) is 0 Å². The van der Waals surface area contributed by atoms with Crippen LogP contribution >= 0.6 is 0 Å². The predicted octanol–water partition coefficient (Wildman–Crippen LogP) is 3.48. The molecule has 1 aromatic carbocycles. The smallest absolute Gasteiger partial charge is 0.354 e. The first-order chi connectivity index (χ1) is 12.7. The van der Waals surface area contributed by atoms with Crippen molar-refractivity contribution >= 4 is 17.3 Å². The van der Waals surface area contributed by atoms with Gasteiger partial charge in [-0.3, -0.25) is 9.78 Å². The molecule has 0 radical (unpaired) electrons. The summed E-state index contributed by atoms with van der Waals surface area (Å²) < 4.78 is 52.2. The van der Waals surface area contributed by atoms with E-state index in [1.807, 2.05) is 0 Å². The normalized spacial score (nSPS) is 15.7. The predicted molar refractivity (Wildman–Crippen MR) is 91.5 cm³/mol. The molecule has 1 aromatic heterocycles. The Labute approximate surface area is 153 Å². The summed E-state index contributed by atoms with van der Waals surface area (Å²) in [6.45, 7) is 0.169. The van der Waals surface area contributed by atoms with Crippen LogP contribution in [-0.4, -0.2) is 16.4 Å². The van der Waals surface area contributed by atoms with Gasteiger partial charge in [0, 0.05) is 0 Å². The first-order valence-corrected chi connectivity index (χ1v) is 8.33. The summed E-state index contributed by atoms with van der Waals surface area (Å²) in [5.41, 5.74) is 4.57. The molecule has 1 aliphatic rings. The van der Waals surface area contributed by atoms with E-state index in [4.69, 9.17) is 5.73 Å². The van der Waals surface area contributed by atoms with Crippen LogP contribution in [0.1, 0.15) is 30.5 Å². The molecular weight excluding hydrogens is 364 g/mol. The van der Waals surface area contributed by atoms with Gasteiger partial charge in [0.05, 0.1) is 40.9 Å². The highest BCUT2D eigenvalue weighted by molar-refractivity contribution is 5.86. The van der Waals surface area contributed by atoms with E-state index in [9.17, 15) is 22.4 Å². The number of anilines is 2. The van der Waals surface area contributed by atoms with Crippen molar-refractivity contribution in [3.63, 3.8) is 0 Å². The lowest BCUT2D eigenvalue weighted by molar-refractivity contribution is -0.137. The number of hydrogen-bond acceptors (Lipinski definition) is 4. The Morgan fingerprint density at radius 2 is 1.96 bits per heavy atom. The summed E-state index contributed by atoms with van der Waals surface area (Å²) in [4.78, 5) is 16.1. The van der Waals surface area contributed by atoms with Crippen LogP contribution in [0.2, 0.25) is 0 Å². The van der Waals surface area contributed by atoms with Crippen molar-refractivity contribution in [2.24, 2.45) is 5.73 Å². The van der Waals surface area contributed by atoms with Crippen molar-refractivity contribution in [1.82, 2.24) is 10.3 Å². The van der Waals surface area contributed by atoms with E-state index in [1.54, 1.807) is 6.07 Å². The molecule has 0 atom stereocenters. The maximum absolute atomic E-state index is 13.1. The number of pyridine rings is 1. The van der Waals surface area contributed by atoms with E-state index >= 15 is 0 Å². The highest BCUT2D eigenvalue weighted by Gasteiger charge is 2.39. The number of amides is 1. The summed E-state index contributed by atoms with van der Waals surface area (Å²) >= 11 is 0. The van der Waals surface area contributed by atoms with Crippen molar-refractivity contribution in [2.75, 3.05) is 5.32 Å². The summed E-state index contributed by atoms with van der Waals surface area (Å²) in [5.74, 6) is -1.21. The van der Waals surface area contributed by atoms with E-state index < -0.39 is 23.1 Å². The number of halogens is 4. The molecule has 0 spiro atoms. The fourth-order valence-corrected chi connectivity index (χ4v) is 2.75. The van der Waals surface area contributed by atoms with Crippen LogP contribution in [0.5, 0.6) is 0 Å². The number of hydrogen-bond donors (Lipinski definition) is 3. The molecule has 1 saturated carbocycles. The van der Waals surface area contributed by atoms with Crippen molar-refractivity contribution in [1.29, 1.82) is 0 Å². The fourth-order valence-electron chi connectivity index (χ4n) is 2.75. The van der Waals surface area contributed by atoms with Crippen LogP contribution < -0.4 is 16.4 Å². The lowest BCUT2D eigenvalue weighted by Gasteiger charge is -2.36. The summed E-state index contributed by atoms with van der Waals surface area (Å²) in [7, 11) is 0. The Hall–Kier alpha value is -2.68. The molecule has 1 fully saturated rings. The number of nitrogens with one attached hydrogen (secondary N) is 2. The molecule has 5 nitrogen and oxygen atoms in total. The first kappa shape index (κ1) is 19.1. The van der Waals surface area contributed by atoms with E-state index in [-0.39, 0.29) is 18.1 Å². The molecule has 0 unspecified atom stereocenters. The van der Waals surface area contributed by atoms with E-state index in [0.29, 0.717) is 30.3 Å². The van der Waals surface area contributed by atoms with Gasteiger partial charge in [0.25, 0.3) is 0 Å². The average molecular weight is 382 g/mol. The van der Waals surface area contributed by atoms with Crippen LogP contribution in [0.15, 0.2) is 36.5 Å².